The fourth-order valence-electron chi connectivity index (χ4n) is 2.54. The standard InChI is InChI=1S/C16H25N3O3S/c1-20-14-5-4-13(12-15(14)21-2)18-16(23)17-6-3-7-19-8-10-22-11-9-19/h4-5,12H,3,6-11H2,1-2H3,(H2,17,18,23)/p+1. The van der Waals surface area contributed by atoms with Gasteiger partial charge in [0.2, 0.25) is 0 Å². The predicted octanol–water partition coefficient (Wildman–Crippen LogP) is 0.295. The molecule has 7 heteroatoms. The van der Waals surface area contributed by atoms with Crippen LogP contribution in [0.15, 0.2) is 18.2 Å². The van der Waals surface area contributed by atoms with Crippen molar-refractivity contribution in [2.45, 2.75) is 6.42 Å². The minimum Gasteiger partial charge on any atom is -0.493 e. The van der Waals surface area contributed by atoms with E-state index in [-0.39, 0.29) is 0 Å². The fourth-order valence-corrected chi connectivity index (χ4v) is 2.76. The maximum atomic E-state index is 5.36. The summed E-state index contributed by atoms with van der Waals surface area (Å²) in [6.45, 7) is 5.98. The van der Waals surface area contributed by atoms with Crippen LogP contribution < -0.4 is 25.0 Å². The summed E-state index contributed by atoms with van der Waals surface area (Å²) in [7, 11) is 3.24. The number of thiocarbonyl (C=S) groups is 1. The molecule has 3 N–H and O–H groups in total. The quantitative estimate of drug-likeness (QED) is 0.490. The number of hydrogen-bond donors (Lipinski definition) is 3. The van der Waals surface area contributed by atoms with Crippen LogP contribution >= 0.6 is 12.2 Å². The van der Waals surface area contributed by atoms with Crippen LogP contribution in [0, 0.1) is 0 Å². The minimum atomic E-state index is 0.620. The first-order valence-electron chi connectivity index (χ1n) is 7.91. The molecule has 1 aromatic rings. The molecule has 0 radical (unpaired) electrons. The second-order valence-electron chi connectivity index (χ2n) is 5.42. The minimum absolute atomic E-state index is 0.620. The van der Waals surface area contributed by atoms with Gasteiger partial charge in [-0.3, -0.25) is 0 Å². The maximum absolute atomic E-state index is 5.36. The Bertz CT molecular complexity index is 507. The van der Waals surface area contributed by atoms with Gasteiger partial charge in [-0.2, -0.15) is 0 Å². The lowest BCUT2D eigenvalue weighted by atomic mass is 10.3. The van der Waals surface area contributed by atoms with Crippen LogP contribution in [0.2, 0.25) is 0 Å². The van der Waals surface area contributed by atoms with Gasteiger partial charge in [-0.25, -0.2) is 0 Å². The van der Waals surface area contributed by atoms with Crippen molar-refractivity contribution in [1.82, 2.24) is 5.32 Å². The first-order valence-corrected chi connectivity index (χ1v) is 8.32. The molecule has 2 rings (SSSR count). The van der Waals surface area contributed by atoms with Crippen molar-refractivity contribution < 1.29 is 19.1 Å². The Kier molecular flexibility index (Phi) is 7.38. The van der Waals surface area contributed by atoms with Crippen LogP contribution in [-0.2, 0) is 4.74 Å². The SMILES string of the molecule is COc1ccc(NC(=S)NCCC[NH+]2CCOCC2)cc1OC. The van der Waals surface area contributed by atoms with Gasteiger partial charge >= 0.3 is 0 Å². The molecule has 1 aliphatic heterocycles. The number of hydrogen-bond acceptors (Lipinski definition) is 4. The van der Waals surface area contributed by atoms with Crippen LogP contribution in [0.1, 0.15) is 6.42 Å². The lowest BCUT2D eigenvalue weighted by Crippen LogP contribution is -3.14. The Hall–Kier alpha value is -1.57. The summed E-state index contributed by atoms with van der Waals surface area (Å²) < 4.78 is 15.9. The molecule has 1 saturated heterocycles. The maximum Gasteiger partial charge on any atom is 0.170 e. The molecule has 0 saturated carbocycles. The molecular formula is C16H26N3O3S+. The summed E-state index contributed by atoms with van der Waals surface area (Å²) in [5.74, 6) is 1.38. The molecule has 6 nitrogen and oxygen atoms in total. The van der Waals surface area contributed by atoms with Gasteiger partial charge in [0.1, 0.15) is 13.1 Å². The third-order valence-corrected chi connectivity index (χ3v) is 4.08. The Morgan fingerprint density at radius 3 is 2.65 bits per heavy atom. The summed E-state index contributed by atoms with van der Waals surface area (Å²) in [5.41, 5.74) is 0.874. The summed E-state index contributed by atoms with van der Waals surface area (Å²) >= 11 is 5.33. The van der Waals surface area contributed by atoms with Crippen LogP contribution in [0.25, 0.3) is 0 Å². The van der Waals surface area contributed by atoms with Crippen molar-refractivity contribution in [2.75, 3.05) is 58.9 Å². The molecule has 0 aromatic heterocycles. The number of quaternary nitrogens is 1. The van der Waals surface area contributed by atoms with Crippen molar-refractivity contribution in [1.29, 1.82) is 0 Å². The van der Waals surface area contributed by atoms with Gasteiger partial charge < -0.3 is 29.7 Å². The highest BCUT2D eigenvalue weighted by atomic mass is 32.1. The monoisotopic (exact) mass is 340 g/mol. The lowest BCUT2D eigenvalue weighted by Gasteiger charge is -2.23. The van der Waals surface area contributed by atoms with E-state index in [1.165, 1.54) is 0 Å². The number of nitrogens with one attached hydrogen (secondary N) is 3. The van der Waals surface area contributed by atoms with Crippen molar-refractivity contribution in [2.24, 2.45) is 0 Å². The van der Waals surface area contributed by atoms with Crippen LogP contribution in [0.4, 0.5) is 5.69 Å². The predicted molar refractivity (Wildman–Crippen MR) is 94.8 cm³/mol. The van der Waals surface area contributed by atoms with Gasteiger partial charge in [-0.15, -0.1) is 0 Å². The van der Waals surface area contributed by atoms with Crippen LogP contribution in [-0.4, -0.2) is 58.7 Å². The van der Waals surface area contributed by atoms with Gasteiger partial charge in [-0.1, -0.05) is 0 Å². The number of methoxy groups -OCH3 is 2. The fraction of sp³-hybridized carbons (Fsp3) is 0.562. The average molecular weight is 340 g/mol. The van der Waals surface area contributed by atoms with Crippen LogP contribution in [0.5, 0.6) is 11.5 Å². The first-order chi connectivity index (χ1) is 11.2. The first kappa shape index (κ1) is 17.8. The molecule has 128 valence electrons. The molecule has 1 aromatic carbocycles. The molecule has 1 fully saturated rings. The Balaban J connectivity index is 1.69. The highest BCUT2D eigenvalue weighted by Crippen LogP contribution is 2.29. The summed E-state index contributed by atoms with van der Waals surface area (Å²) in [5, 5.41) is 7.02. The largest absolute Gasteiger partial charge is 0.493 e. The average Bonchev–Trinajstić information content (AvgIpc) is 2.59. The second-order valence-corrected chi connectivity index (χ2v) is 5.82. The van der Waals surface area contributed by atoms with E-state index in [0.717, 1.165) is 51.5 Å². The number of benzene rings is 1. The van der Waals surface area contributed by atoms with Gasteiger partial charge in [0, 0.05) is 24.7 Å². The van der Waals surface area contributed by atoms with Gasteiger partial charge in [-0.05, 0) is 24.4 Å². The summed E-state index contributed by atoms with van der Waals surface area (Å²) in [4.78, 5) is 1.61. The Morgan fingerprint density at radius 2 is 1.96 bits per heavy atom. The molecule has 0 aliphatic carbocycles. The second kappa shape index (κ2) is 9.54. The highest BCUT2D eigenvalue weighted by molar-refractivity contribution is 7.80. The van der Waals surface area contributed by atoms with E-state index in [9.17, 15) is 0 Å². The van der Waals surface area contributed by atoms with Crippen molar-refractivity contribution in [3.8, 4) is 11.5 Å². The molecule has 0 spiro atoms. The summed E-state index contributed by atoms with van der Waals surface area (Å²) in [6.07, 6.45) is 1.09. The van der Waals surface area contributed by atoms with E-state index < -0.39 is 0 Å². The zero-order chi connectivity index (χ0) is 16.5. The number of ether oxygens (including phenoxy) is 3. The Morgan fingerprint density at radius 1 is 1.22 bits per heavy atom. The molecule has 1 heterocycles. The van der Waals surface area contributed by atoms with E-state index in [2.05, 4.69) is 10.6 Å². The Labute approximate surface area is 143 Å². The van der Waals surface area contributed by atoms with Gasteiger partial charge in [0.25, 0.3) is 0 Å². The van der Waals surface area contributed by atoms with Gasteiger partial charge in [0.15, 0.2) is 16.6 Å². The normalized spacial score (nSPS) is 15.0. The zero-order valence-corrected chi connectivity index (χ0v) is 14.6. The lowest BCUT2D eigenvalue weighted by molar-refractivity contribution is -0.908. The van der Waals surface area contributed by atoms with Crippen molar-refractivity contribution in [3.63, 3.8) is 0 Å². The summed E-state index contributed by atoms with van der Waals surface area (Å²) in [6, 6.07) is 5.63. The highest BCUT2D eigenvalue weighted by Gasteiger charge is 2.12. The molecule has 0 amide bonds. The topological polar surface area (TPSA) is 56.2 Å². The molecular weight excluding hydrogens is 314 g/mol. The van der Waals surface area contributed by atoms with Crippen molar-refractivity contribution >= 4 is 23.0 Å². The molecule has 0 unspecified atom stereocenters. The third kappa shape index (κ3) is 5.85. The van der Waals surface area contributed by atoms with E-state index in [0.29, 0.717) is 16.6 Å². The molecule has 0 atom stereocenters. The van der Waals surface area contributed by atoms with Gasteiger partial charge in [0.05, 0.1) is 34.0 Å². The van der Waals surface area contributed by atoms with E-state index in [1.807, 2.05) is 18.2 Å². The smallest absolute Gasteiger partial charge is 0.170 e. The number of rotatable bonds is 7. The number of anilines is 1. The zero-order valence-electron chi connectivity index (χ0n) is 13.8. The van der Waals surface area contributed by atoms with E-state index in [1.54, 1.807) is 19.1 Å². The van der Waals surface area contributed by atoms with Crippen LogP contribution in [0.3, 0.4) is 0 Å². The molecule has 0 bridgehead atoms. The molecule has 23 heavy (non-hydrogen) atoms. The molecule has 1 aliphatic rings. The van der Waals surface area contributed by atoms with E-state index in [4.69, 9.17) is 26.4 Å². The number of morpholine rings is 1. The van der Waals surface area contributed by atoms with Crippen molar-refractivity contribution in [3.05, 3.63) is 18.2 Å². The third-order valence-electron chi connectivity index (χ3n) is 3.83. The van der Waals surface area contributed by atoms with E-state index >= 15 is 0 Å².